The fourth-order valence-corrected chi connectivity index (χ4v) is 3.90. The molecule has 0 bridgehead atoms. The SMILES string of the molecule is CCCCC(C(CCC)OC(=O)c1ccccc1)C(CCC)OC(=O)c1ccccc1. The van der Waals surface area contributed by atoms with Crippen LogP contribution in [-0.2, 0) is 9.47 Å². The summed E-state index contributed by atoms with van der Waals surface area (Å²) in [4.78, 5) is 25.6. The normalized spacial score (nSPS) is 13.8. The maximum Gasteiger partial charge on any atom is 0.338 e. The Morgan fingerprint density at radius 1 is 0.645 bits per heavy atom. The Balaban J connectivity index is 2.24. The summed E-state index contributed by atoms with van der Waals surface area (Å²) < 4.78 is 12.0. The van der Waals surface area contributed by atoms with Crippen molar-refractivity contribution >= 4 is 11.9 Å². The van der Waals surface area contributed by atoms with Crippen molar-refractivity contribution in [2.24, 2.45) is 5.92 Å². The van der Waals surface area contributed by atoms with Crippen LogP contribution in [0.3, 0.4) is 0 Å². The summed E-state index contributed by atoms with van der Waals surface area (Å²) in [5.41, 5.74) is 1.09. The third-order valence-electron chi connectivity index (χ3n) is 5.53. The number of rotatable bonds is 13. The maximum atomic E-state index is 12.8. The molecule has 0 saturated carbocycles. The van der Waals surface area contributed by atoms with Gasteiger partial charge in [0.05, 0.1) is 11.1 Å². The van der Waals surface area contributed by atoms with Gasteiger partial charge in [-0.1, -0.05) is 82.9 Å². The highest BCUT2D eigenvalue weighted by atomic mass is 16.6. The number of ether oxygens (including phenoxy) is 2. The van der Waals surface area contributed by atoms with E-state index in [1.165, 1.54) is 0 Å². The lowest BCUT2D eigenvalue weighted by atomic mass is 9.85. The Bertz CT molecular complexity index is 709. The zero-order valence-electron chi connectivity index (χ0n) is 19.1. The first kappa shape index (κ1) is 24.6. The molecule has 0 aromatic heterocycles. The highest BCUT2D eigenvalue weighted by Gasteiger charge is 2.34. The average molecular weight is 425 g/mol. The van der Waals surface area contributed by atoms with E-state index in [-0.39, 0.29) is 30.1 Å². The summed E-state index contributed by atoms with van der Waals surface area (Å²) in [5, 5.41) is 0. The number of carbonyl (C=O) groups is 2. The van der Waals surface area contributed by atoms with E-state index in [1.54, 1.807) is 24.3 Å². The van der Waals surface area contributed by atoms with Crippen LogP contribution in [0.1, 0.15) is 86.4 Å². The molecule has 2 aromatic rings. The van der Waals surface area contributed by atoms with E-state index >= 15 is 0 Å². The van der Waals surface area contributed by atoms with Crippen LogP contribution in [-0.4, -0.2) is 24.1 Å². The van der Waals surface area contributed by atoms with Crippen LogP contribution in [0.2, 0.25) is 0 Å². The van der Waals surface area contributed by atoms with Crippen molar-refractivity contribution in [3.05, 3.63) is 71.8 Å². The zero-order valence-corrected chi connectivity index (χ0v) is 19.1. The Hall–Kier alpha value is -2.62. The van der Waals surface area contributed by atoms with Crippen LogP contribution in [0.5, 0.6) is 0 Å². The molecule has 2 rings (SSSR count). The molecule has 0 spiro atoms. The molecular formula is C27H36O4. The molecule has 0 fully saturated rings. The Morgan fingerprint density at radius 3 is 1.42 bits per heavy atom. The third kappa shape index (κ3) is 7.86. The van der Waals surface area contributed by atoms with Crippen LogP contribution in [0.15, 0.2) is 60.7 Å². The van der Waals surface area contributed by atoms with Gasteiger partial charge >= 0.3 is 11.9 Å². The minimum atomic E-state index is -0.315. The predicted octanol–water partition coefficient (Wildman–Crippen LogP) is 6.84. The first-order valence-corrected chi connectivity index (χ1v) is 11.6. The van der Waals surface area contributed by atoms with Gasteiger partial charge in [0.25, 0.3) is 0 Å². The Morgan fingerprint density at radius 2 is 1.06 bits per heavy atom. The molecule has 0 aliphatic heterocycles. The van der Waals surface area contributed by atoms with Gasteiger partial charge in [-0.3, -0.25) is 0 Å². The second-order valence-corrected chi connectivity index (χ2v) is 8.00. The topological polar surface area (TPSA) is 52.6 Å². The maximum absolute atomic E-state index is 12.8. The monoisotopic (exact) mass is 424 g/mol. The quantitative estimate of drug-likeness (QED) is 0.330. The molecule has 168 valence electrons. The van der Waals surface area contributed by atoms with Crippen molar-refractivity contribution in [1.29, 1.82) is 0 Å². The van der Waals surface area contributed by atoms with Gasteiger partial charge in [0, 0.05) is 5.92 Å². The number of hydrogen-bond acceptors (Lipinski definition) is 4. The second kappa shape index (κ2) is 13.6. The highest BCUT2D eigenvalue weighted by molar-refractivity contribution is 5.90. The molecule has 2 unspecified atom stereocenters. The average Bonchev–Trinajstić information content (AvgIpc) is 2.80. The number of unbranched alkanes of at least 4 members (excludes halogenated alkanes) is 1. The standard InChI is InChI=1S/C27H36O4/c1-4-7-20-23(24(14-5-2)30-26(28)21-16-10-8-11-17-21)25(15-6-3)31-27(29)22-18-12-9-13-19-22/h8-13,16-19,23-25H,4-7,14-15,20H2,1-3H3. The molecule has 0 amide bonds. The van der Waals surface area contributed by atoms with Gasteiger partial charge < -0.3 is 9.47 Å². The minimum absolute atomic E-state index is 0.0276. The van der Waals surface area contributed by atoms with Gasteiger partial charge in [-0.05, 0) is 43.5 Å². The lowest BCUT2D eigenvalue weighted by Gasteiger charge is -2.33. The summed E-state index contributed by atoms with van der Waals surface area (Å²) >= 11 is 0. The van der Waals surface area contributed by atoms with Gasteiger partial charge in [-0.15, -0.1) is 0 Å². The number of esters is 2. The summed E-state index contributed by atoms with van der Waals surface area (Å²) in [7, 11) is 0. The smallest absolute Gasteiger partial charge is 0.338 e. The van der Waals surface area contributed by atoms with E-state index in [1.807, 2.05) is 36.4 Å². The minimum Gasteiger partial charge on any atom is -0.458 e. The van der Waals surface area contributed by atoms with Gasteiger partial charge in [0.15, 0.2) is 0 Å². The van der Waals surface area contributed by atoms with E-state index in [9.17, 15) is 9.59 Å². The van der Waals surface area contributed by atoms with Crippen LogP contribution in [0.25, 0.3) is 0 Å². The van der Waals surface area contributed by atoms with Crippen LogP contribution >= 0.6 is 0 Å². The summed E-state index contributed by atoms with van der Waals surface area (Å²) in [6, 6.07) is 18.2. The number of hydrogen-bond donors (Lipinski definition) is 0. The van der Waals surface area contributed by atoms with Gasteiger partial charge in [0.2, 0.25) is 0 Å². The second-order valence-electron chi connectivity index (χ2n) is 8.00. The summed E-state index contributed by atoms with van der Waals surface area (Å²) in [6.45, 7) is 6.32. The van der Waals surface area contributed by atoms with Crippen LogP contribution in [0, 0.1) is 5.92 Å². The van der Waals surface area contributed by atoms with E-state index < -0.39 is 0 Å². The molecule has 4 heteroatoms. The number of benzene rings is 2. The van der Waals surface area contributed by atoms with E-state index in [4.69, 9.17) is 9.47 Å². The van der Waals surface area contributed by atoms with Gasteiger partial charge in [-0.25, -0.2) is 9.59 Å². The Labute approximate surface area is 187 Å². The molecule has 4 nitrogen and oxygen atoms in total. The molecule has 2 atom stereocenters. The molecular weight excluding hydrogens is 388 g/mol. The fourth-order valence-electron chi connectivity index (χ4n) is 3.90. The fraction of sp³-hybridized carbons (Fsp3) is 0.481. The van der Waals surface area contributed by atoms with Crippen molar-refractivity contribution in [2.75, 3.05) is 0 Å². The van der Waals surface area contributed by atoms with Crippen LogP contribution in [0.4, 0.5) is 0 Å². The lowest BCUT2D eigenvalue weighted by Crippen LogP contribution is -2.38. The number of carbonyl (C=O) groups excluding carboxylic acids is 2. The lowest BCUT2D eigenvalue weighted by molar-refractivity contribution is -0.0409. The van der Waals surface area contributed by atoms with Crippen LogP contribution < -0.4 is 0 Å². The van der Waals surface area contributed by atoms with E-state index in [2.05, 4.69) is 20.8 Å². The van der Waals surface area contributed by atoms with Crippen molar-refractivity contribution in [3.63, 3.8) is 0 Å². The largest absolute Gasteiger partial charge is 0.458 e. The molecule has 2 aromatic carbocycles. The van der Waals surface area contributed by atoms with Crippen molar-refractivity contribution in [2.45, 2.75) is 77.9 Å². The van der Waals surface area contributed by atoms with Crippen molar-refractivity contribution < 1.29 is 19.1 Å². The Kier molecular flexibility index (Phi) is 10.8. The summed E-state index contributed by atoms with van der Waals surface area (Å²) in [6.07, 6.45) is 5.59. The van der Waals surface area contributed by atoms with Gasteiger partial charge in [0.1, 0.15) is 12.2 Å². The molecule has 0 saturated heterocycles. The molecule has 0 aliphatic carbocycles. The molecule has 0 aliphatic rings. The molecule has 0 heterocycles. The van der Waals surface area contributed by atoms with Gasteiger partial charge in [-0.2, -0.15) is 0 Å². The highest BCUT2D eigenvalue weighted by Crippen LogP contribution is 2.29. The zero-order chi connectivity index (χ0) is 22.5. The first-order valence-electron chi connectivity index (χ1n) is 11.6. The van der Waals surface area contributed by atoms with Crippen molar-refractivity contribution in [3.8, 4) is 0 Å². The van der Waals surface area contributed by atoms with Crippen molar-refractivity contribution in [1.82, 2.24) is 0 Å². The predicted molar refractivity (Wildman–Crippen MR) is 124 cm³/mol. The van der Waals surface area contributed by atoms with E-state index in [0.717, 1.165) is 44.9 Å². The first-order chi connectivity index (χ1) is 15.1. The van der Waals surface area contributed by atoms with E-state index in [0.29, 0.717) is 11.1 Å². The molecule has 0 N–H and O–H groups in total. The molecule has 31 heavy (non-hydrogen) atoms. The summed E-state index contributed by atoms with van der Waals surface area (Å²) in [5.74, 6) is -0.657. The molecule has 0 radical (unpaired) electrons. The third-order valence-corrected chi connectivity index (χ3v) is 5.53.